The maximum atomic E-state index is 12.3. The fraction of sp³-hybridized carbons (Fsp3) is 0.474. The van der Waals surface area contributed by atoms with E-state index >= 15 is 0 Å². The summed E-state index contributed by atoms with van der Waals surface area (Å²) >= 11 is 0. The van der Waals surface area contributed by atoms with Gasteiger partial charge < -0.3 is 14.7 Å². The first kappa shape index (κ1) is 18.0. The van der Waals surface area contributed by atoms with E-state index in [2.05, 4.69) is 0 Å². The summed E-state index contributed by atoms with van der Waals surface area (Å²) in [6.45, 7) is 3.97. The van der Waals surface area contributed by atoms with Gasteiger partial charge in [0.05, 0.1) is 6.61 Å². The van der Waals surface area contributed by atoms with Crippen LogP contribution in [0.1, 0.15) is 38.2 Å². The minimum Gasteiger partial charge on any atom is -0.494 e. The van der Waals surface area contributed by atoms with Crippen molar-refractivity contribution in [3.8, 4) is 5.75 Å². The summed E-state index contributed by atoms with van der Waals surface area (Å²) in [4.78, 5) is 24.8. The molecule has 1 heterocycles. The van der Waals surface area contributed by atoms with Crippen LogP contribution in [0.25, 0.3) is 6.08 Å². The fourth-order valence-electron chi connectivity index (χ4n) is 2.94. The van der Waals surface area contributed by atoms with Crippen LogP contribution < -0.4 is 4.74 Å². The third-order valence-electron chi connectivity index (χ3n) is 4.21. The van der Waals surface area contributed by atoms with Gasteiger partial charge in [0.2, 0.25) is 5.91 Å². The van der Waals surface area contributed by atoms with Crippen LogP contribution in [0.3, 0.4) is 0 Å². The van der Waals surface area contributed by atoms with E-state index in [-0.39, 0.29) is 18.2 Å². The molecule has 1 N–H and O–H groups in total. The second-order valence-electron chi connectivity index (χ2n) is 6.06. The predicted molar refractivity (Wildman–Crippen MR) is 92.8 cm³/mol. The van der Waals surface area contributed by atoms with Crippen LogP contribution in [0.15, 0.2) is 30.3 Å². The van der Waals surface area contributed by atoms with Crippen molar-refractivity contribution in [1.29, 1.82) is 0 Å². The second-order valence-corrected chi connectivity index (χ2v) is 6.06. The molecule has 1 aromatic carbocycles. The average molecular weight is 331 g/mol. The highest BCUT2D eigenvalue weighted by Crippen LogP contribution is 2.21. The van der Waals surface area contributed by atoms with Crippen molar-refractivity contribution in [3.63, 3.8) is 0 Å². The molecular formula is C19H25NO4. The number of rotatable bonds is 7. The van der Waals surface area contributed by atoms with Gasteiger partial charge in [-0.05, 0) is 55.9 Å². The summed E-state index contributed by atoms with van der Waals surface area (Å²) in [5.74, 6) is 0.328. The molecule has 2 rings (SSSR count). The number of aliphatic carboxylic acids is 1. The largest absolute Gasteiger partial charge is 0.494 e. The standard InChI is InChI=1S/C19H25NO4/c1-2-24-17-9-5-15(6-10-17)7-11-18(21)20-13-3-4-16(14-20)8-12-19(22)23/h5-7,9-11,16H,2-4,8,12-14H2,1H3,(H,22,23)/b11-7+. The Kier molecular flexibility index (Phi) is 6.85. The molecule has 0 bridgehead atoms. The predicted octanol–water partition coefficient (Wildman–Crippen LogP) is 3.20. The lowest BCUT2D eigenvalue weighted by Crippen LogP contribution is -2.39. The van der Waals surface area contributed by atoms with E-state index in [1.807, 2.05) is 36.1 Å². The molecule has 24 heavy (non-hydrogen) atoms. The summed E-state index contributed by atoms with van der Waals surface area (Å²) in [6, 6.07) is 7.61. The van der Waals surface area contributed by atoms with Crippen molar-refractivity contribution < 1.29 is 19.4 Å². The smallest absolute Gasteiger partial charge is 0.303 e. The average Bonchev–Trinajstić information content (AvgIpc) is 2.59. The van der Waals surface area contributed by atoms with E-state index in [1.54, 1.807) is 12.2 Å². The third-order valence-corrected chi connectivity index (χ3v) is 4.21. The molecule has 1 fully saturated rings. The van der Waals surface area contributed by atoms with Crippen molar-refractivity contribution in [3.05, 3.63) is 35.9 Å². The Bertz CT molecular complexity index is 580. The Labute approximate surface area is 142 Å². The maximum Gasteiger partial charge on any atom is 0.303 e. The molecule has 5 heteroatoms. The number of ether oxygens (including phenoxy) is 1. The number of likely N-dealkylation sites (tertiary alicyclic amines) is 1. The quantitative estimate of drug-likeness (QED) is 0.779. The molecule has 1 amide bonds. The SMILES string of the molecule is CCOc1ccc(/C=C/C(=O)N2CCCC(CCC(=O)O)C2)cc1. The van der Waals surface area contributed by atoms with Gasteiger partial charge in [0.1, 0.15) is 5.75 Å². The van der Waals surface area contributed by atoms with Gasteiger partial charge in [0.25, 0.3) is 0 Å². The van der Waals surface area contributed by atoms with E-state index in [9.17, 15) is 9.59 Å². The number of benzene rings is 1. The van der Waals surface area contributed by atoms with Crippen molar-refractivity contribution >= 4 is 18.0 Å². The zero-order chi connectivity index (χ0) is 17.4. The Morgan fingerprint density at radius 1 is 1.33 bits per heavy atom. The number of piperidine rings is 1. The third kappa shape index (κ3) is 5.72. The molecule has 1 saturated heterocycles. The summed E-state index contributed by atoms with van der Waals surface area (Å²) < 4.78 is 5.39. The van der Waals surface area contributed by atoms with Gasteiger partial charge in [-0.3, -0.25) is 9.59 Å². The highest BCUT2D eigenvalue weighted by molar-refractivity contribution is 5.91. The minimum absolute atomic E-state index is 0.0103. The van der Waals surface area contributed by atoms with Crippen LogP contribution in [0.4, 0.5) is 0 Å². The molecule has 0 spiro atoms. The van der Waals surface area contributed by atoms with Crippen LogP contribution >= 0.6 is 0 Å². The van der Waals surface area contributed by atoms with Gasteiger partial charge in [-0.2, -0.15) is 0 Å². The molecule has 1 aliphatic rings. The van der Waals surface area contributed by atoms with E-state index < -0.39 is 5.97 Å². The number of hydrogen-bond acceptors (Lipinski definition) is 3. The monoisotopic (exact) mass is 331 g/mol. The van der Waals surface area contributed by atoms with Crippen LogP contribution in [0.5, 0.6) is 5.75 Å². The molecule has 1 aromatic rings. The molecule has 0 saturated carbocycles. The van der Waals surface area contributed by atoms with Crippen molar-refractivity contribution in [2.45, 2.75) is 32.6 Å². The van der Waals surface area contributed by atoms with Gasteiger partial charge in [0.15, 0.2) is 0 Å². The van der Waals surface area contributed by atoms with Crippen molar-refractivity contribution in [2.24, 2.45) is 5.92 Å². The lowest BCUT2D eigenvalue weighted by molar-refractivity contribution is -0.137. The normalized spacial score (nSPS) is 17.9. The fourth-order valence-corrected chi connectivity index (χ4v) is 2.94. The number of carboxylic acid groups (broad SMARTS) is 1. The molecule has 5 nitrogen and oxygen atoms in total. The van der Waals surface area contributed by atoms with Crippen LogP contribution in [0.2, 0.25) is 0 Å². The summed E-state index contributed by atoms with van der Waals surface area (Å²) in [5.41, 5.74) is 0.950. The molecule has 0 aromatic heterocycles. The zero-order valence-electron chi connectivity index (χ0n) is 14.1. The summed E-state index contributed by atoms with van der Waals surface area (Å²) in [5, 5.41) is 8.78. The van der Waals surface area contributed by atoms with Gasteiger partial charge in [0, 0.05) is 25.6 Å². The molecule has 0 aliphatic carbocycles. The van der Waals surface area contributed by atoms with Crippen LogP contribution in [0, 0.1) is 5.92 Å². The number of carboxylic acids is 1. The van der Waals surface area contributed by atoms with Gasteiger partial charge >= 0.3 is 5.97 Å². The highest BCUT2D eigenvalue weighted by Gasteiger charge is 2.22. The number of hydrogen-bond donors (Lipinski definition) is 1. The molecule has 1 unspecified atom stereocenters. The molecule has 130 valence electrons. The Morgan fingerprint density at radius 3 is 2.75 bits per heavy atom. The second kappa shape index (κ2) is 9.11. The van der Waals surface area contributed by atoms with Gasteiger partial charge in [-0.25, -0.2) is 0 Å². The summed E-state index contributed by atoms with van der Waals surface area (Å²) in [7, 11) is 0. The van der Waals surface area contributed by atoms with Gasteiger partial charge in [-0.15, -0.1) is 0 Å². The Morgan fingerprint density at radius 2 is 2.08 bits per heavy atom. The lowest BCUT2D eigenvalue weighted by atomic mass is 9.93. The minimum atomic E-state index is -0.770. The number of nitrogens with zero attached hydrogens (tertiary/aromatic N) is 1. The van der Waals surface area contributed by atoms with Crippen LogP contribution in [-0.2, 0) is 9.59 Å². The van der Waals surface area contributed by atoms with Crippen LogP contribution in [-0.4, -0.2) is 41.6 Å². The van der Waals surface area contributed by atoms with Crippen molar-refractivity contribution in [1.82, 2.24) is 4.90 Å². The maximum absolute atomic E-state index is 12.3. The Balaban J connectivity index is 1.87. The first-order valence-corrected chi connectivity index (χ1v) is 8.50. The number of carbonyl (C=O) groups excluding carboxylic acids is 1. The molecule has 1 atom stereocenters. The van der Waals surface area contributed by atoms with Crippen molar-refractivity contribution in [2.75, 3.05) is 19.7 Å². The van der Waals surface area contributed by atoms with Gasteiger partial charge in [-0.1, -0.05) is 12.1 Å². The lowest BCUT2D eigenvalue weighted by Gasteiger charge is -2.32. The summed E-state index contributed by atoms with van der Waals surface area (Å²) in [6.07, 6.45) is 6.15. The molecule has 1 aliphatic heterocycles. The van der Waals surface area contributed by atoms with E-state index in [0.29, 0.717) is 19.6 Å². The molecular weight excluding hydrogens is 306 g/mol. The number of amides is 1. The Hall–Kier alpha value is -2.30. The first-order valence-electron chi connectivity index (χ1n) is 8.50. The zero-order valence-corrected chi connectivity index (χ0v) is 14.1. The topological polar surface area (TPSA) is 66.8 Å². The highest BCUT2D eigenvalue weighted by atomic mass is 16.5. The van der Waals surface area contributed by atoms with E-state index in [4.69, 9.17) is 9.84 Å². The van der Waals surface area contributed by atoms with E-state index in [1.165, 1.54) is 0 Å². The number of carbonyl (C=O) groups is 2. The first-order chi connectivity index (χ1) is 11.6. The molecule has 0 radical (unpaired) electrons. The van der Waals surface area contributed by atoms with E-state index in [0.717, 1.165) is 30.7 Å².